The third-order valence-electron chi connectivity index (χ3n) is 2.73. The lowest BCUT2D eigenvalue weighted by Crippen LogP contribution is -2.14. The van der Waals surface area contributed by atoms with Crippen LogP contribution in [0.5, 0.6) is 0 Å². The predicted octanol–water partition coefficient (Wildman–Crippen LogP) is 3.36. The van der Waals surface area contributed by atoms with Crippen molar-refractivity contribution in [3.05, 3.63) is 64.4 Å². The standard InChI is InChI=1S/C15H11ClFNO3/c16-11-5-2-6-12(17)14(11)15(21)18-10-4-1-3-9(7-10)8-13(19)20/h1-7H,8H2,(H,18,21)(H,19,20). The quantitative estimate of drug-likeness (QED) is 0.910. The van der Waals surface area contributed by atoms with E-state index in [1.807, 2.05) is 0 Å². The molecule has 0 saturated carbocycles. The van der Waals surface area contributed by atoms with Crippen LogP contribution in [0.25, 0.3) is 0 Å². The van der Waals surface area contributed by atoms with Gasteiger partial charge >= 0.3 is 5.97 Å². The predicted molar refractivity (Wildman–Crippen MR) is 77.1 cm³/mol. The summed E-state index contributed by atoms with van der Waals surface area (Å²) in [5.74, 6) is -2.39. The van der Waals surface area contributed by atoms with Gasteiger partial charge in [0.05, 0.1) is 17.0 Å². The Morgan fingerprint density at radius 2 is 1.90 bits per heavy atom. The summed E-state index contributed by atoms with van der Waals surface area (Å²) in [5.41, 5.74) is 0.654. The molecule has 0 radical (unpaired) electrons. The lowest BCUT2D eigenvalue weighted by Gasteiger charge is -2.08. The van der Waals surface area contributed by atoms with E-state index in [-0.39, 0.29) is 17.0 Å². The van der Waals surface area contributed by atoms with Gasteiger partial charge in [-0.1, -0.05) is 29.8 Å². The van der Waals surface area contributed by atoms with E-state index in [4.69, 9.17) is 16.7 Å². The van der Waals surface area contributed by atoms with Crippen molar-refractivity contribution in [3.8, 4) is 0 Å². The van der Waals surface area contributed by atoms with Crippen LogP contribution in [0, 0.1) is 5.82 Å². The average Bonchev–Trinajstić information content (AvgIpc) is 2.37. The summed E-state index contributed by atoms with van der Waals surface area (Å²) in [6.07, 6.45) is -0.163. The first-order valence-electron chi connectivity index (χ1n) is 6.03. The number of nitrogens with one attached hydrogen (secondary N) is 1. The van der Waals surface area contributed by atoms with Crippen LogP contribution in [-0.2, 0) is 11.2 Å². The highest BCUT2D eigenvalue weighted by atomic mass is 35.5. The largest absolute Gasteiger partial charge is 0.481 e. The number of amides is 1. The van der Waals surface area contributed by atoms with Gasteiger partial charge in [0.25, 0.3) is 5.91 Å². The number of aliphatic carboxylic acids is 1. The van der Waals surface area contributed by atoms with Crippen molar-refractivity contribution in [3.63, 3.8) is 0 Å². The van der Waals surface area contributed by atoms with Crippen LogP contribution in [0.15, 0.2) is 42.5 Å². The molecule has 0 atom stereocenters. The molecule has 0 heterocycles. The van der Waals surface area contributed by atoms with Crippen LogP contribution in [-0.4, -0.2) is 17.0 Å². The first kappa shape index (κ1) is 15.0. The van der Waals surface area contributed by atoms with Crippen molar-refractivity contribution in [2.75, 3.05) is 5.32 Å². The molecular formula is C15H11ClFNO3. The highest BCUT2D eigenvalue weighted by Gasteiger charge is 2.16. The van der Waals surface area contributed by atoms with E-state index < -0.39 is 17.7 Å². The Morgan fingerprint density at radius 3 is 2.57 bits per heavy atom. The fourth-order valence-corrected chi connectivity index (χ4v) is 2.09. The molecule has 1 amide bonds. The van der Waals surface area contributed by atoms with Crippen LogP contribution < -0.4 is 5.32 Å². The topological polar surface area (TPSA) is 66.4 Å². The fraction of sp³-hybridized carbons (Fsp3) is 0.0667. The molecule has 4 nitrogen and oxygen atoms in total. The molecule has 2 aromatic carbocycles. The zero-order chi connectivity index (χ0) is 15.4. The zero-order valence-electron chi connectivity index (χ0n) is 10.8. The molecule has 0 spiro atoms. The average molecular weight is 308 g/mol. The third kappa shape index (κ3) is 3.79. The number of carbonyl (C=O) groups excluding carboxylic acids is 1. The number of halogens is 2. The number of benzene rings is 2. The number of carboxylic acids is 1. The van der Waals surface area contributed by atoms with E-state index in [0.717, 1.165) is 6.07 Å². The minimum Gasteiger partial charge on any atom is -0.481 e. The molecule has 2 rings (SSSR count). The summed E-state index contributed by atoms with van der Waals surface area (Å²) in [4.78, 5) is 22.7. The lowest BCUT2D eigenvalue weighted by atomic mass is 10.1. The van der Waals surface area contributed by atoms with Gasteiger partial charge in [0.2, 0.25) is 0 Å². The molecule has 0 aliphatic rings. The molecule has 0 aromatic heterocycles. The smallest absolute Gasteiger partial charge is 0.307 e. The van der Waals surface area contributed by atoms with Crippen molar-refractivity contribution in [2.24, 2.45) is 0 Å². The number of anilines is 1. The molecule has 6 heteroatoms. The maximum Gasteiger partial charge on any atom is 0.307 e. The molecule has 0 aliphatic heterocycles. The summed E-state index contributed by atoms with van der Waals surface area (Å²) in [5, 5.41) is 11.2. The van der Waals surface area contributed by atoms with Crippen molar-refractivity contribution < 1.29 is 19.1 Å². The second kappa shape index (κ2) is 6.37. The summed E-state index contributed by atoms with van der Waals surface area (Å²) < 4.78 is 13.6. The van der Waals surface area contributed by atoms with Gasteiger partial charge in [-0.05, 0) is 29.8 Å². The molecule has 0 fully saturated rings. The fourth-order valence-electron chi connectivity index (χ4n) is 1.84. The Morgan fingerprint density at radius 1 is 1.19 bits per heavy atom. The number of carbonyl (C=O) groups is 2. The van der Waals surface area contributed by atoms with Crippen LogP contribution in [0.3, 0.4) is 0 Å². The van der Waals surface area contributed by atoms with E-state index in [1.165, 1.54) is 18.2 Å². The lowest BCUT2D eigenvalue weighted by molar-refractivity contribution is -0.136. The summed E-state index contributed by atoms with van der Waals surface area (Å²) in [6, 6.07) is 10.3. The Kier molecular flexibility index (Phi) is 4.55. The Balaban J connectivity index is 2.22. The van der Waals surface area contributed by atoms with Crippen molar-refractivity contribution in [2.45, 2.75) is 6.42 Å². The SMILES string of the molecule is O=C(O)Cc1cccc(NC(=O)c2c(F)cccc2Cl)c1. The third-order valence-corrected chi connectivity index (χ3v) is 3.04. The van der Waals surface area contributed by atoms with Gasteiger partial charge in [-0.3, -0.25) is 9.59 Å². The summed E-state index contributed by atoms with van der Waals surface area (Å²) in [6.45, 7) is 0. The minimum absolute atomic E-state index is 0.00851. The van der Waals surface area contributed by atoms with Gasteiger partial charge in [0.1, 0.15) is 5.82 Å². The summed E-state index contributed by atoms with van der Waals surface area (Å²) in [7, 11) is 0. The normalized spacial score (nSPS) is 10.2. The Bertz CT molecular complexity index is 683. The highest BCUT2D eigenvalue weighted by Crippen LogP contribution is 2.21. The minimum atomic E-state index is -0.976. The first-order valence-corrected chi connectivity index (χ1v) is 6.41. The number of carboxylic acid groups (broad SMARTS) is 1. The molecule has 21 heavy (non-hydrogen) atoms. The van der Waals surface area contributed by atoms with Gasteiger partial charge < -0.3 is 10.4 Å². The monoisotopic (exact) mass is 307 g/mol. The van der Waals surface area contributed by atoms with Crippen molar-refractivity contribution >= 4 is 29.2 Å². The van der Waals surface area contributed by atoms with Crippen molar-refractivity contribution in [1.29, 1.82) is 0 Å². The van der Waals surface area contributed by atoms with Crippen LogP contribution in [0.2, 0.25) is 5.02 Å². The second-order valence-corrected chi connectivity index (χ2v) is 4.73. The van der Waals surface area contributed by atoms with E-state index >= 15 is 0 Å². The van der Waals surface area contributed by atoms with Gasteiger partial charge in [-0.15, -0.1) is 0 Å². The van der Waals surface area contributed by atoms with Crippen LogP contribution in [0.4, 0.5) is 10.1 Å². The van der Waals surface area contributed by atoms with E-state index in [0.29, 0.717) is 11.3 Å². The molecular weight excluding hydrogens is 297 g/mol. The van der Waals surface area contributed by atoms with E-state index in [2.05, 4.69) is 5.32 Å². The van der Waals surface area contributed by atoms with E-state index in [1.54, 1.807) is 18.2 Å². The Hall–Kier alpha value is -2.40. The molecule has 0 saturated heterocycles. The van der Waals surface area contributed by atoms with Crippen LogP contribution in [0.1, 0.15) is 15.9 Å². The maximum absolute atomic E-state index is 13.6. The molecule has 2 N–H and O–H groups in total. The first-order chi connectivity index (χ1) is 9.97. The van der Waals surface area contributed by atoms with E-state index in [9.17, 15) is 14.0 Å². The number of rotatable bonds is 4. The Labute approximate surface area is 125 Å². The number of hydrogen-bond acceptors (Lipinski definition) is 2. The highest BCUT2D eigenvalue weighted by molar-refractivity contribution is 6.34. The van der Waals surface area contributed by atoms with Gasteiger partial charge in [-0.2, -0.15) is 0 Å². The molecule has 0 bridgehead atoms. The second-order valence-electron chi connectivity index (χ2n) is 4.32. The van der Waals surface area contributed by atoms with Crippen molar-refractivity contribution in [1.82, 2.24) is 0 Å². The van der Waals surface area contributed by atoms with Gasteiger partial charge in [0.15, 0.2) is 0 Å². The molecule has 108 valence electrons. The number of hydrogen-bond donors (Lipinski definition) is 2. The molecule has 2 aromatic rings. The molecule has 0 aliphatic carbocycles. The van der Waals surface area contributed by atoms with Gasteiger partial charge in [-0.25, -0.2) is 4.39 Å². The summed E-state index contributed by atoms with van der Waals surface area (Å²) >= 11 is 5.81. The molecule has 0 unspecified atom stereocenters. The van der Waals surface area contributed by atoms with Gasteiger partial charge in [0, 0.05) is 5.69 Å². The van der Waals surface area contributed by atoms with Crippen LogP contribution >= 0.6 is 11.6 Å². The zero-order valence-corrected chi connectivity index (χ0v) is 11.5. The maximum atomic E-state index is 13.6.